The van der Waals surface area contributed by atoms with E-state index in [0.29, 0.717) is 13.2 Å². The lowest BCUT2D eigenvalue weighted by molar-refractivity contribution is -0.121. The van der Waals surface area contributed by atoms with Crippen molar-refractivity contribution in [3.63, 3.8) is 0 Å². The van der Waals surface area contributed by atoms with Crippen LogP contribution in [0.5, 0.6) is 0 Å². The third kappa shape index (κ3) is 3.53. The molecule has 122 valence electrons. The molecule has 1 atom stereocenters. The summed E-state index contributed by atoms with van der Waals surface area (Å²) in [6, 6.07) is 6.02. The molecule has 2 heterocycles. The fourth-order valence-electron chi connectivity index (χ4n) is 2.84. The van der Waals surface area contributed by atoms with Crippen molar-refractivity contribution in [1.82, 2.24) is 14.9 Å². The normalized spacial score (nSPS) is 16.0. The summed E-state index contributed by atoms with van der Waals surface area (Å²) in [6.07, 6.45) is 4.26. The molecule has 0 bridgehead atoms. The topological polar surface area (TPSA) is 68.2 Å². The second kappa shape index (κ2) is 6.83. The first-order valence-corrected chi connectivity index (χ1v) is 7.79. The molecule has 1 aromatic heterocycles. The van der Waals surface area contributed by atoms with Crippen molar-refractivity contribution in [1.29, 1.82) is 0 Å². The zero-order valence-corrected chi connectivity index (χ0v) is 13.5. The Hall–Kier alpha value is -2.34. The molecule has 1 aliphatic heterocycles. The van der Waals surface area contributed by atoms with Gasteiger partial charge in [0.25, 0.3) is 0 Å². The molecular weight excluding hydrogens is 292 g/mol. The lowest BCUT2D eigenvalue weighted by atomic mass is 10.1. The van der Waals surface area contributed by atoms with Crippen molar-refractivity contribution in [3.05, 3.63) is 47.5 Å². The summed E-state index contributed by atoms with van der Waals surface area (Å²) >= 11 is 0. The van der Waals surface area contributed by atoms with Gasteiger partial charge in [-0.25, -0.2) is 4.98 Å². The van der Waals surface area contributed by atoms with E-state index in [-0.39, 0.29) is 11.9 Å². The zero-order valence-electron chi connectivity index (χ0n) is 13.5. The first kappa shape index (κ1) is 15.6. The van der Waals surface area contributed by atoms with E-state index in [4.69, 9.17) is 4.74 Å². The highest BCUT2D eigenvalue weighted by Gasteiger charge is 2.26. The van der Waals surface area contributed by atoms with Gasteiger partial charge in [0.1, 0.15) is 6.04 Å². The van der Waals surface area contributed by atoms with Crippen LogP contribution in [-0.2, 0) is 29.0 Å². The minimum absolute atomic E-state index is 0.0124. The predicted molar refractivity (Wildman–Crippen MR) is 88.2 cm³/mol. The van der Waals surface area contributed by atoms with Crippen LogP contribution in [0.1, 0.15) is 16.8 Å². The molecule has 6 heteroatoms. The number of aryl methyl sites for hydroxylation is 1. The van der Waals surface area contributed by atoms with Gasteiger partial charge in [-0.3, -0.25) is 4.79 Å². The lowest BCUT2D eigenvalue weighted by Gasteiger charge is -2.13. The summed E-state index contributed by atoms with van der Waals surface area (Å²) in [6.45, 7) is 3.88. The zero-order chi connectivity index (χ0) is 16.2. The van der Waals surface area contributed by atoms with Gasteiger partial charge in [-0.15, -0.1) is 0 Å². The highest BCUT2D eigenvalue weighted by atomic mass is 16.5. The van der Waals surface area contributed by atoms with Crippen molar-refractivity contribution < 1.29 is 9.53 Å². The molecule has 0 aliphatic carbocycles. The number of anilines is 1. The average Bonchev–Trinajstić information content (AvgIpc) is 3.16. The summed E-state index contributed by atoms with van der Waals surface area (Å²) in [5.74, 6) is 0.0124. The molecule has 0 spiro atoms. The van der Waals surface area contributed by atoms with E-state index in [0.717, 1.165) is 24.3 Å². The number of carbonyl (C=O) groups is 1. The fraction of sp³-hybridized carbons (Fsp3) is 0.412. The first-order chi connectivity index (χ1) is 11.2. The number of imidazole rings is 1. The van der Waals surface area contributed by atoms with Crippen LogP contribution >= 0.6 is 0 Å². The number of carbonyl (C=O) groups excluding carboxylic acids is 1. The highest BCUT2D eigenvalue weighted by Crippen LogP contribution is 2.26. The second-order valence-electron chi connectivity index (χ2n) is 5.85. The monoisotopic (exact) mass is 314 g/mol. The van der Waals surface area contributed by atoms with E-state index in [9.17, 15) is 4.79 Å². The van der Waals surface area contributed by atoms with Gasteiger partial charge in [0.15, 0.2) is 0 Å². The quantitative estimate of drug-likeness (QED) is 0.848. The Kier molecular flexibility index (Phi) is 4.62. The van der Waals surface area contributed by atoms with E-state index in [1.54, 1.807) is 19.6 Å². The van der Waals surface area contributed by atoms with Crippen LogP contribution in [0.3, 0.4) is 0 Å². The molecule has 2 N–H and O–H groups in total. The molecule has 2 aromatic rings. The fourth-order valence-corrected chi connectivity index (χ4v) is 2.84. The number of fused-ring (bicyclic) bond motifs is 1. The summed E-state index contributed by atoms with van der Waals surface area (Å²) in [5, 5.41) is 6.28. The number of aromatic nitrogens is 2. The Morgan fingerprint density at radius 2 is 2.39 bits per heavy atom. The van der Waals surface area contributed by atoms with Gasteiger partial charge in [0.05, 0.1) is 25.2 Å². The number of amides is 1. The largest absolute Gasteiger partial charge is 0.383 e. The van der Waals surface area contributed by atoms with E-state index in [2.05, 4.69) is 34.7 Å². The number of ether oxygens (including phenoxy) is 1. The summed E-state index contributed by atoms with van der Waals surface area (Å²) in [5.41, 5.74) is 4.45. The van der Waals surface area contributed by atoms with E-state index in [1.807, 2.05) is 10.6 Å². The van der Waals surface area contributed by atoms with Crippen molar-refractivity contribution in [3.8, 4) is 0 Å². The van der Waals surface area contributed by atoms with Crippen LogP contribution in [0.2, 0.25) is 0 Å². The van der Waals surface area contributed by atoms with E-state index < -0.39 is 0 Å². The maximum atomic E-state index is 12.4. The Morgan fingerprint density at radius 1 is 1.52 bits per heavy atom. The van der Waals surface area contributed by atoms with Crippen molar-refractivity contribution in [2.24, 2.45) is 0 Å². The van der Waals surface area contributed by atoms with Crippen molar-refractivity contribution in [2.45, 2.75) is 32.5 Å². The molecule has 3 rings (SSSR count). The van der Waals surface area contributed by atoms with Gasteiger partial charge in [0.2, 0.25) is 5.91 Å². The molecule has 0 radical (unpaired) electrons. The third-order valence-corrected chi connectivity index (χ3v) is 4.11. The Labute approximate surface area is 135 Å². The SMILES string of the molecule is COCCn1cncc1CNC(=O)C1Cc2cc(C)ccc2N1. The molecule has 0 fully saturated rings. The molecule has 0 saturated carbocycles. The van der Waals surface area contributed by atoms with E-state index >= 15 is 0 Å². The average molecular weight is 314 g/mol. The van der Waals surface area contributed by atoms with Crippen LogP contribution in [0.4, 0.5) is 5.69 Å². The van der Waals surface area contributed by atoms with Crippen LogP contribution in [-0.4, -0.2) is 35.2 Å². The van der Waals surface area contributed by atoms with Gasteiger partial charge < -0.3 is 19.9 Å². The Bertz CT molecular complexity index is 696. The molecule has 1 aromatic carbocycles. The van der Waals surface area contributed by atoms with Crippen LogP contribution < -0.4 is 10.6 Å². The van der Waals surface area contributed by atoms with Gasteiger partial charge >= 0.3 is 0 Å². The molecular formula is C17H22N4O2. The third-order valence-electron chi connectivity index (χ3n) is 4.11. The number of nitrogens with zero attached hydrogens (tertiary/aromatic N) is 2. The number of hydrogen-bond donors (Lipinski definition) is 2. The molecule has 1 amide bonds. The van der Waals surface area contributed by atoms with Gasteiger partial charge in [-0.1, -0.05) is 17.7 Å². The molecule has 1 aliphatic rings. The van der Waals surface area contributed by atoms with E-state index in [1.165, 1.54) is 11.1 Å². The first-order valence-electron chi connectivity index (χ1n) is 7.79. The summed E-state index contributed by atoms with van der Waals surface area (Å²) in [4.78, 5) is 16.5. The maximum absolute atomic E-state index is 12.4. The summed E-state index contributed by atoms with van der Waals surface area (Å²) in [7, 11) is 1.67. The lowest BCUT2D eigenvalue weighted by Crippen LogP contribution is -2.38. The maximum Gasteiger partial charge on any atom is 0.243 e. The number of rotatable bonds is 6. The molecule has 6 nitrogen and oxygen atoms in total. The Balaban J connectivity index is 1.56. The van der Waals surface area contributed by atoms with Crippen LogP contribution in [0.15, 0.2) is 30.7 Å². The summed E-state index contributed by atoms with van der Waals surface area (Å²) < 4.78 is 7.07. The van der Waals surface area contributed by atoms with Gasteiger partial charge in [0, 0.05) is 32.0 Å². The highest BCUT2D eigenvalue weighted by molar-refractivity contribution is 5.87. The standard InChI is InChI=1S/C17H22N4O2/c1-12-3-4-15-13(7-12)8-16(20-15)17(22)19-10-14-9-18-11-21(14)5-6-23-2/h3-4,7,9,11,16,20H,5-6,8,10H2,1-2H3,(H,19,22). The van der Waals surface area contributed by atoms with Crippen LogP contribution in [0, 0.1) is 6.92 Å². The van der Waals surface area contributed by atoms with Crippen molar-refractivity contribution >= 4 is 11.6 Å². The van der Waals surface area contributed by atoms with Gasteiger partial charge in [-0.05, 0) is 18.6 Å². The number of hydrogen-bond acceptors (Lipinski definition) is 4. The van der Waals surface area contributed by atoms with Gasteiger partial charge in [-0.2, -0.15) is 0 Å². The Morgan fingerprint density at radius 3 is 3.22 bits per heavy atom. The van der Waals surface area contributed by atoms with Crippen molar-refractivity contribution in [2.75, 3.05) is 19.0 Å². The molecule has 0 saturated heterocycles. The minimum atomic E-state index is -0.206. The number of methoxy groups -OCH3 is 1. The predicted octanol–water partition coefficient (Wildman–Crippen LogP) is 1.49. The second-order valence-corrected chi connectivity index (χ2v) is 5.85. The number of nitrogens with one attached hydrogen (secondary N) is 2. The minimum Gasteiger partial charge on any atom is -0.383 e. The smallest absolute Gasteiger partial charge is 0.243 e. The molecule has 1 unspecified atom stereocenters. The number of benzene rings is 1. The van der Waals surface area contributed by atoms with Crippen LogP contribution in [0.25, 0.3) is 0 Å². The molecule has 23 heavy (non-hydrogen) atoms.